The number of ether oxygens (including phenoxy) is 1. The van der Waals surface area contributed by atoms with Crippen LogP contribution in [0.2, 0.25) is 0 Å². The molecule has 0 saturated carbocycles. The zero-order valence-corrected chi connectivity index (χ0v) is 22.0. The van der Waals surface area contributed by atoms with Crippen LogP contribution in [0.1, 0.15) is 69.7 Å². The quantitative estimate of drug-likeness (QED) is 0.315. The van der Waals surface area contributed by atoms with E-state index in [4.69, 9.17) is 4.74 Å². The summed E-state index contributed by atoms with van der Waals surface area (Å²) in [4.78, 5) is 15.6. The predicted molar refractivity (Wildman–Crippen MR) is 145 cm³/mol. The number of nitrogens with zero attached hydrogens (tertiary/aromatic N) is 2. The van der Waals surface area contributed by atoms with Gasteiger partial charge in [0.05, 0.1) is 13.2 Å². The van der Waals surface area contributed by atoms with Gasteiger partial charge in [-0.2, -0.15) is 5.10 Å². The maximum Gasteiger partial charge on any atom is 0.273 e. The third kappa shape index (κ3) is 4.48. The van der Waals surface area contributed by atoms with Gasteiger partial charge in [-0.05, 0) is 72.2 Å². The summed E-state index contributed by atoms with van der Waals surface area (Å²) in [6, 6.07) is 20.0. The molecular weight excluding hydrogens is 462 g/mol. The molecule has 0 aliphatic carbocycles. The number of phenolic OH excluding ortho intramolecular Hbond substituents is 1. The highest BCUT2D eigenvalue weighted by Crippen LogP contribution is 2.45. The van der Waals surface area contributed by atoms with Gasteiger partial charge in [0.1, 0.15) is 22.9 Å². The molecule has 37 heavy (non-hydrogen) atoms. The second-order valence-corrected chi connectivity index (χ2v) is 10.2. The van der Waals surface area contributed by atoms with Crippen molar-refractivity contribution < 1.29 is 14.6 Å². The molecule has 1 aliphatic heterocycles. The average molecular weight is 496 g/mol. The molecule has 1 amide bonds. The van der Waals surface area contributed by atoms with Crippen LogP contribution in [0.25, 0.3) is 11.3 Å². The lowest BCUT2D eigenvalue weighted by atomic mass is 9.92. The fourth-order valence-corrected chi connectivity index (χ4v) is 5.22. The Balaban J connectivity index is 1.58. The second kappa shape index (κ2) is 9.77. The zero-order valence-electron chi connectivity index (χ0n) is 22.0. The summed E-state index contributed by atoms with van der Waals surface area (Å²) < 4.78 is 5.28. The highest BCUT2D eigenvalue weighted by Gasteiger charge is 2.42. The minimum absolute atomic E-state index is 0.0796. The number of methoxy groups -OCH3 is 1. The Morgan fingerprint density at radius 3 is 2.41 bits per heavy atom. The van der Waals surface area contributed by atoms with Gasteiger partial charge in [0.15, 0.2) is 0 Å². The molecule has 190 valence electrons. The summed E-state index contributed by atoms with van der Waals surface area (Å²) in [7, 11) is 1.65. The predicted octanol–water partition coefficient (Wildman–Crippen LogP) is 6.32. The van der Waals surface area contributed by atoms with Gasteiger partial charge in [-0.25, -0.2) is 0 Å². The van der Waals surface area contributed by atoms with Gasteiger partial charge >= 0.3 is 0 Å². The van der Waals surface area contributed by atoms with E-state index in [1.165, 1.54) is 5.56 Å². The third-order valence-corrected chi connectivity index (χ3v) is 7.28. The summed E-state index contributed by atoms with van der Waals surface area (Å²) in [6.07, 6.45) is 0.706. The van der Waals surface area contributed by atoms with E-state index >= 15 is 0 Å². The van der Waals surface area contributed by atoms with Crippen molar-refractivity contribution in [2.24, 2.45) is 0 Å². The highest BCUT2D eigenvalue weighted by molar-refractivity contribution is 6.00. The van der Waals surface area contributed by atoms with E-state index < -0.39 is 0 Å². The molecule has 3 aromatic carbocycles. The number of fused-ring (bicyclic) bond motifs is 1. The van der Waals surface area contributed by atoms with Gasteiger partial charge in [0.25, 0.3) is 5.91 Å². The number of carbonyl (C=O) groups excluding carboxylic acids is 1. The van der Waals surface area contributed by atoms with Crippen LogP contribution >= 0.6 is 0 Å². The normalized spacial score (nSPS) is 14.9. The van der Waals surface area contributed by atoms with Gasteiger partial charge in [-0.15, -0.1) is 0 Å². The lowest BCUT2D eigenvalue weighted by molar-refractivity contribution is 0.0746. The first-order valence-electron chi connectivity index (χ1n) is 12.7. The molecular formula is C31H33N3O3. The molecule has 0 saturated heterocycles. The summed E-state index contributed by atoms with van der Waals surface area (Å²) in [5, 5.41) is 18.5. The standard InChI is InChI=1S/C31H33N3O3/c1-18(2)22-8-10-23(11-9-22)29-26-27(25-17-19(3)16-20(4)30(25)35)32-33-28(26)31(36)34(29)15-14-21-6-12-24(37-5)13-7-21/h6-13,16-18,29,35H,14-15H2,1-5H3,(H,32,33)/t29-/m1/s1. The molecule has 6 heteroatoms. The van der Waals surface area contributed by atoms with E-state index in [9.17, 15) is 9.90 Å². The largest absolute Gasteiger partial charge is 0.507 e. The van der Waals surface area contributed by atoms with Crippen LogP contribution in [0.3, 0.4) is 0 Å². The van der Waals surface area contributed by atoms with Crippen molar-refractivity contribution in [1.82, 2.24) is 15.1 Å². The highest BCUT2D eigenvalue weighted by atomic mass is 16.5. The van der Waals surface area contributed by atoms with E-state index in [1.54, 1.807) is 7.11 Å². The Labute approximate surface area is 217 Å². The maximum atomic E-state index is 13.7. The van der Waals surface area contributed by atoms with Crippen molar-refractivity contribution in [3.63, 3.8) is 0 Å². The number of amides is 1. The van der Waals surface area contributed by atoms with Crippen molar-refractivity contribution in [2.45, 2.75) is 46.1 Å². The van der Waals surface area contributed by atoms with Crippen LogP contribution in [-0.2, 0) is 6.42 Å². The van der Waals surface area contributed by atoms with Crippen LogP contribution < -0.4 is 4.74 Å². The van der Waals surface area contributed by atoms with Gasteiger partial charge in [0, 0.05) is 17.7 Å². The fraction of sp³-hybridized carbons (Fsp3) is 0.290. The molecule has 1 aliphatic rings. The molecule has 4 aromatic rings. The van der Waals surface area contributed by atoms with Gasteiger partial charge in [0.2, 0.25) is 0 Å². The molecule has 2 heterocycles. The number of aromatic nitrogens is 2. The number of carbonyl (C=O) groups is 1. The monoisotopic (exact) mass is 495 g/mol. The lowest BCUT2D eigenvalue weighted by Crippen LogP contribution is -2.31. The summed E-state index contributed by atoms with van der Waals surface area (Å²) in [5.41, 5.74) is 7.78. The number of benzene rings is 3. The second-order valence-electron chi connectivity index (χ2n) is 10.2. The molecule has 5 rings (SSSR count). The van der Waals surface area contributed by atoms with Crippen molar-refractivity contribution in [3.05, 3.63) is 99.7 Å². The van der Waals surface area contributed by atoms with Crippen LogP contribution in [0.5, 0.6) is 11.5 Å². The SMILES string of the molecule is COc1ccc(CCN2C(=O)c3[nH]nc(-c4cc(C)cc(C)c4O)c3[C@H]2c2ccc(C(C)C)cc2)cc1. The van der Waals surface area contributed by atoms with E-state index in [2.05, 4.69) is 48.3 Å². The Hall–Kier alpha value is -4.06. The van der Waals surface area contributed by atoms with E-state index in [0.717, 1.165) is 33.6 Å². The van der Waals surface area contributed by atoms with Crippen molar-refractivity contribution in [1.29, 1.82) is 0 Å². The summed E-state index contributed by atoms with van der Waals surface area (Å²) >= 11 is 0. The number of H-pyrrole nitrogens is 1. The number of hydrogen-bond donors (Lipinski definition) is 2. The van der Waals surface area contributed by atoms with E-state index in [1.807, 2.05) is 55.1 Å². The first-order valence-corrected chi connectivity index (χ1v) is 12.7. The Morgan fingerprint density at radius 2 is 1.76 bits per heavy atom. The van der Waals surface area contributed by atoms with Gasteiger partial charge < -0.3 is 14.7 Å². The minimum Gasteiger partial charge on any atom is -0.507 e. The number of aryl methyl sites for hydroxylation is 2. The Morgan fingerprint density at radius 1 is 1.05 bits per heavy atom. The number of aromatic amines is 1. The molecule has 6 nitrogen and oxygen atoms in total. The smallest absolute Gasteiger partial charge is 0.273 e. The zero-order chi connectivity index (χ0) is 26.3. The summed E-state index contributed by atoms with van der Waals surface area (Å²) in [6.45, 7) is 8.77. The van der Waals surface area contributed by atoms with E-state index in [-0.39, 0.29) is 17.7 Å². The number of phenols is 1. The molecule has 2 N–H and O–H groups in total. The first-order chi connectivity index (χ1) is 17.8. The topological polar surface area (TPSA) is 78.5 Å². The lowest BCUT2D eigenvalue weighted by Gasteiger charge is -2.27. The van der Waals surface area contributed by atoms with Crippen LogP contribution in [-0.4, -0.2) is 39.8 Å². The number of aromatic hydroxyl groups is 1. The Bertz CT molecular complexity index is 1440. The Kier molecular flexibility index (Phi) is 6.50. The number of nitrogens with one attached hydrogen (secondary N) is 1. The molecule has 0 spiro atoms. The van der Waals surface area contributed by atoms with Gasteiger partial charge in [-0.3, -0.25) is 9.89 Å². The summed E-state index contributed by atoms with van der Waals surface area (Å²) in [5.74, 6) is 1.34. The molecule has 0 bridgehead atoms. The third-order valence-electron chi connectivity index (χ3n) is 7.28. The van der Waals surface area contributed by atoms with Gasteiger partial charge in [-0.1, -0.05) is 56.3 Å². The maximum absolute atomic E-state index is 13.7. The van der Waals surface area contributed by atoms with Crippen molar-refractivity contribution in [2.75, 3.05) is 13.7 Å². The fourth-order valence-electron chi connectivity index (χ4n) is 5.22. The average Bonchev–Trinajstić information content (AvgIpc) is 3.44. The van der Waals surface area contributed by atoms with Crippen LogP contribution in [0.15, 0.2) is 60.7 Å². The minimum atomic E-state index is -0.309. The molecule has 0 radical (unpaired) electrons. The van der Waals surface area contributed by atoms with Crippen molar-refractivity contribution >= 4 is 5.91 Å². The molecule has 1 aromatic heterocycles. The first kappa shape index (κ1) is 24.6. The van der Waals surface area contributed by atoms with E-state index in [0.29, 0.717) is 35.8 Å². The molecule has 0 unspecified atom stereocenters. The molecule has 0 fully saturated rings. The van der Waals surface area contributed by atoms with Crippen LogP contribution in [0, 0.1) is 13.8 Å². The number of rotatable bonds is 7. The van der Waals surface area contributed by atoms with Crippen LogP contribution in [0.4, 0.5) is 0 Å². The van der Waals surface area contributed by atoms with Crippen molar-refractivity contribution in [3.8, 4) is 22.8 Å². The molecule has 1 atom stereocenters. The number of hydrogen-bond acceptors (Lipinski definition) is 4.